The summed E-state index contributed by atoms with van der Waals surface area (Å²) in [6.07, 6.45) is 2.80. The summed E-state index contributed by atoms with van der Waals surface area (Å²) in [6.45, 7) is 13.8. The molecule has 0 saturated carbocycles. The number of hydrogen-bond acceptors (Lipinski definition) is 4. The molecule has 0 radical (unpaired) electrons. The van der Waals surface area contributed by atoms with Crippen molar-refractivity contribution in [2.75, 3.05) is 26.2 Å². The molecule has 0 bridgehead atoms. The maximum Gasteiger partial charge on any atom is 0.325 e. The monoisotopic (exact) mass is 272 g/mol. The molecule has 0 aromatic carbocycles. The van der Waals surface area contributed by atoms with Gasteiger partial charge in [0.25, 0.3) is 0 Å². The van der Waals surface area contributed by atoms with Gasteiger partial charge in [0.2, 0.25) is 0 Å². The first-order valence-corrected chi connectivity index (χ1v) is 7.55. The number of nitrogens with zero attached hydrogens (tertiary/aromatic N) is 1. The maximum absolute atomic E-state index is 11.7. The van der Waals surface area contributed by atoms with E-state index in [0.717, 1.165) is 26.1 Å². The molecule has 4 nitrogen and oxygen atoms in total. The lowest BCUT2D eigenvalue weighted by Gasteiger charge is -2.26. The summed E-state index contributed by atoms with van der Waals surface area (Å²) in [6, 6.07) is 0. The molecule has 114 valence electrons. The first-order valence-electron chi connectivity index (χ1n) is 7.55. The molecular weight excluding hydrogens is 240 g/mol. The summed E-state index contributed by atoms with van der Waals surface area (Å²) >= 11 is 0. The van der Waals surface area contributed by atoms with Gasteiger partial charge in [0.15, 0.2) is 0 Å². The average molecular weight is 272 g/mol. The van der Waals surface area contributed by atoms with E-state index in [1.165, 1.54) is 6.42 Å². The van der Waals surface area contributed by atoms with Crippen LogP contribution < -0.4 is 5.73 Å². The molecule has 0 aliphatic carbocycles. The highest BCUT2D eigenvalue weighted by molar-refractivity contribution is 5.79. The van der Waals surface area contributed by atoms with Gasteiger partial charge < -0.3 is 15.4 Å². The average Bonchev–Trinajstić information content (AvgIpc) is 2.37. The number of rotatable bonds is 10. The Morgan fingerprint density at radius 3 is 2.47 bits per heavy atom. The Morgan fingerprint density at radius 1 is 1.37 bits per heavy atom. The summed E-state index contributed by atoms with van der Waals surface area (Å²) < 4.78 is 4.99. The molecule has 2 atom stereocenters. The van der Waals surface area contributed by atoms with E-state index >= 15 is 0 Å². The van der Waals surface area contributed by atoms with Gasteiger partial charge in [-0.05, 0) is 45.7 Å². The van der Waals surface area contributed by atoms with Crippen LogP contribution in [0.25, 0.3) is 0 Å². The molecule has 0 fully saturated rings. The van der Waals surface area contributed by atoms with Crippen molar-refractivity contribution in [3.63, 3.8) is 0 Å². The van der Waals surface area contributed by atoms with Crippen molar-refractivity contribution in [3.8, 4) is 0 Å². The molecule has 0 saturated heterocycles. The number of ether oxygens (including phenoxy) is 1. The summed E-state index contributed by atoms with van der Waals surface area (Å²) in [5.41, 5.74) is 5.15. The van der Waals surface area contributed by atoms with Gasteiger partial charge in [0.05, 0.1) is 6.61 Å². The lowest BCUT2D eigenvalue weighted by molar-refractivity contribution is -0.149. The van der Waals surface area contributed by atoms with Gasteiger partial charge in [0, 0.05) is 6.54 Å². The van der Waals surface area contributed by atoms with Gasteiger partial charge in [-0.2, -0.15) is 0 Å². The molecule has 0 rings (SSSR count). The predicted molar refractivity (Wildman–Crippen MR) is 80.0 cm³/mol. The number of carbonyl (C=O) groups excluding carboxylic acids is 1. The first-order chi connectivity index (χ1) is 8.87. The van der Waals surface area contributed by atoms with E-state index < -0.39 is 5.54 Å². The quantitative estimate of drug-likeness (QED) is 0.621. The van der Waals surface area contributed by atoms with Crippen molar-refractivity contribution in [2.45, 2.75) is 59.4 Å². The van der Waals surface area contributed by atoms with E-state index in [1.54, 1.807) is 13.8 Å². The zero-order chi connectivity index (χ0) is 14.9. The summed E-state index contributed by atoms with van der Waals surface area (Å²) in [5, 5.41) is 0. The van der Waals surface area contributed by atoms with E-state index in [0.29, 0.717) is 18.9 Å². The van der Waals surface area contributed by atoms with Crippen LogP contribution in [-0.2, 0) is 9.53 Å². The van der Waals surface area contributed by atoms with Crippen LogP contribution in [0.15, 0.2) is 0 Å². The third-order valence-electron chi connectivity index (χ3n) is 3.63. The van der Waals surface area contributed by atoms with E-state index in [4.69, 9.17) is 10.5 Å². The van der Waals surface area contributed by atoms with Crippen molar-refractivity contribution in [1.29, 1.82) is 0 Å². The fraction of sp³-hybridized carbons (Fsp3) is 0.933. The third kappa shape index (κ3) is 7.53. The van der Waals surface area contributed by atoms with Gasteiger partial charge in [-0.15, -0.1) is 0 Å². The Balaban J connectivity index is 4.07. The fourth-order valence-corrected chi connectivity index (χ4v) is 2.02. The van der Waals surface area contributed by atoms with Gasteiger partial charge in [-0.3, -0.25) is 4.79 Å². The molecule has 0 aliphatic rings. The molecule has 0 spiro atoms. The molecular formula is C15H32N2O2. The highest BCUT2D eigenvalue weighted by Crippen LogP contribution is 2.13. The molecule has 0 amide bonds. The highest BCUT2D eigenvalue weighted by Gasteiger charge is 2.29. The Labute approximate surface area is 118 Å². The van der Waals surface area contributed by atoms with Crippen molar-refractivity contribution in [1.82, 2.24) is 4.90 Å². The second-order valence-corrected chi connectivity index (χ2v) is 5.65. The number of carbonyl (C=O) groups is 1. The second-order valence-electron chi connectivity index (χ2n) is 5.65. The number of nitrogens with two attached hydrogens (primary N) is 1. The zero-order valence-corrected chi connectivity index (χ0v) is 13.4. The summed E-state index contributed by atoms with van der Waals surface area (Å²) in [7, 11) is 0. The van der Waals surface area contributed by atoms with Crippen LogP contribution in [0.2, 0.25) is 0 Å². The molecule has 0 aromatic rings. The minimum Gasteiger partial charge on any atom is -0.465 e. The number of hydrogen-bond donors (Lipinski definition) is 1. The SMILES string of the molecule is CCOC(=O)C(C)(N)CCCN(CC)CC(C)CC. The predicted octanol–water partition coefficient (Wildman–Crippen LogP) is 2.42. The normalized spacial score (nSPS) is 16.2. The van der Waals surface area contributed by atoms with Gasteiger partial charge in [-0.1, -0.05) is 27.2 Å². The lowest BCUT2D eigenvalue weighted by atomic mass is 9.97. The summed E-state index contributed by atoms with van der Waals surface area (Å²) in [4.78, 5) is 14.1. The van der Waals surface area contributed by atoms with Crippen LogP contribution in [0.5, 0.6) is 0 Å². The largest absolute Gasteiger partial charge is 0.465 e. The van der Waals surface area contributed by atoms with Crippen LogP contribution in [0.4, 0.5) is 0 Å². The standard InChI is InChI=1S/C15H32N2O2/c1-6-13(4)12-17(7-2)11-9-10-15(5,16)14(18)19-8-3/h13H,6-12,16H2,1-5H3. The molecule has 4 heteroatoms. The van der Waals surface area contributed by atoms with Gasteiger partial charge in [0.1, 0.15) is 5.54 Å². The number of esters is 1. The van der Waals surface area contributed by atoms with Crippen LogP contribution in [-0.4, -0.2) is 42.6 Å². The van der Waals surface area contributed by atoms with Crippen molar-refractivity contribution >= 4 is 5.97 Å². The fourth-order valence-electron chi connectivity index (χ4n) is 2.02. The Morgan fingerprint density at radius 2 is 2.00 bits per heavy atom. The second kappa shape index (κ2) is 9.32. The molecule has 2 unspecified atom stereocenters. The van der Waals surface area contributed by atoms with E-state index in [-0.39, 0.29) is 5.97 Å². The van der Waals surface area contributed by atoms with Crippen LogP contribution in [0.3, 0.4) is 0 Å². The Bertz CT molecular complexity index is 255. The van der Waals surface area contributed by atoms with Crippen molar-refractivity contribution in [3.05, 3.63) is 0 Å². The van der Waals surface area contributed by atoms with Crippen LogP contribution in [0.1, 0.15) is 53.9 Å². The Hall–Kier alpha value is -0.610. The van der Waals surface area contributed by atoms with Crippen molar-refractivity contribution in [2.24, 2.45) is 11.7 Å². The molecule has 0 aromatic heterocycles. The van der Waals surface area contributed by atoms with Gasteiger partial charge in [-0.25, -0.2) is 0 Å². The molecule has 2 N–H and O–H groups in total. The van der Waals surface area contributed by atoms with E-state index in [9.17, 15) is 4.79 Å². The molecule has 19 heavy (non-hydrogen) atoms. The topological polar surface area (TPSA) is 55.6 Å². The third-order valence-corrected chi connectivity index (χ3v) is 3.63. The lowest BCUT2D eigenvalue weighted by Crippen LogP contribution is -2.46. The van der Waals surface area contributed by atoms with Gasteiger partial charge >= 0.3 is 5.97 Å². The van der Waals surface area contributed by atoms with Crippen molar-refractivity contribution < 1.29 is 9.53 Å². The highest BCUT2D eigenvalue weighted by atomic mass is 16.5. The van der Waals surface area contributed by atoms with Crippen LogP contribution >= 0.6 is 0 Å². The van der Waals surface area contributed by atoms with E-state index in [2.05, 4.69) is 25.7 Å². The maximum atomic E-state index is 11.7. The molecule has 0 aliphatic heterocycles. The zero-order valence-electron chi connectivity index (χ0n) is 13.4. The molecule has 0 heterocycles. The van der Waals surface area contributed by atoms with Crippen LogP contribution in [0, 0.1) is 5.92 Å². The minimum absolute atomic E-state index is 0.292. The van der Waals surface area contributed by atoms with E-state index in [1.807, 2.05) is 0 Å². The summed E-state index contributed by atoms with van der Waals surface area (Å²) in [5.74, 6) is 0.425. The minimum atomic E-state index is -0.855. The first kappa shape index (κ1) is 18.4. The smallest absolute Gasteiger partial charge is 0.325 e. The Kier molecular flexibility index (Phi) is 9.02.